The maximum atomic E-state index is 12.6. The van der Waals surface area contributed by atoms with E-state index < -0.39 is 0 Å². The summed E-state index contributed by atoms with van der Waals surface area (Å²) in [6, 6.07) is 6.29. The second-order valence-electron chi connectivity index (χ2n) is 6.33. The average Bonchev–Trinajstić information content (AvgIpc) is 3.05. The minimum Gasteiger partial charge on any atom is -0.348 e. The van der Waals surface area contributed by atoms with Crippen LogP contribution in [0.1, 0.15) is 16.7 Å². The minimum atomic E-state index is 0.0220. The van der Waals surface area contributed by atoms with Crippen LogP contribution < -0.4 is 4.90 Å². The molecule has 0 fully saturated rings. The third kappa shape index (κ3) is 3.60. The van der Waals surface area contributed by atoms with Crippen LogP contribution in [0, 0.1) is 13.8 Å². The van der Waals surface area contributed by atoms with Crippen LogP contribution in [-0.4, -0.2) is 51.4 Å². The van der Waals surface area contributed by atoms with E-state index >= 15 is 0 Å². The molecule has 2 heterocycles. The number of hydrogen-bond acceptors (Lipinski definition) is 5. The molecule has 0 aliphatic heterocycles. The number of benzene rings is 1. The lowest BCUT2D eigenvalue weighted by molar-refractivity contribution is -0.128. The molecule has 1 N–H and O–H groups in total. The molecule has 0 unspecified atom stereocenters. The Bertz CT molecular complexity index is 903. The van der Waals surface area contributed by atoms with Gasteiger partial charge in [0.05, 0.1) is 12.9 Å². The second kappa shape index (κ2) is 6.88. The summed E-state index contributed by atoms with van der Waals surface area (Å²) in [5.41, 5.74) is 4.90. The molecule has 0 spiro atoms. The summed E-state index contributed by atoms with van der Waals surface area (Å²) in [6.45, 7) is 4.95. The van der Waals surface area contributed by atoms with Crippen molar-refractivity contribution in [2.75, 3.05) is 25.5 Å². The molecule has 0 bridgehead atoms. The Morgan fingerprint density at radius 1 is 1.16 bits per heavy atom. The van der Waals surface area contributed by atoms with Gasteiger partial charge in [0.15, 0.2) is 11.5 Å². The number of anilines is 1. The van der Waals surface area contributed by atoms with Gasteiger partial charge in [-0.2, -0.15) is 0 Å². The van der Waals surface area contributed by atoms with Gasteiger partial charge < -0.3 is 14.8 Å². The molecular weight excluding hydrogens is 316 g/mol. The topological polar surface area (TPSA) is 78.0 Å². The Labute approximate surface area is 146 Å². The lowest BCUT2D eigenvalue weighted by atomic mass is 10.1. The number of aryl methyl sites for hydroxylation is 2. The van der Waals surface area contributed by atoms with E-state index in [1.54, 1.807) is 11.2 Å². The summed E-state index contributed by atoms with van der Waals surface area (Å²) in [5.74, 6) is 0.685. The van der Waals surface area contributed by atoms with Crippen molar-refractivity contribution in [1.82, 2.24) is 24.8 Å². The van der Waals surface area contributed by atoms with Gasteiger partial charge >= 0.3 is 0 Å². The second-order valence-corrected chi connectivity index (χ2v) is 6.33. The largest absolute Gasteiger partial charge is 0.348 e. The maximum Gasteiger partial charge on any atom is 0.242 e. The summed E-state index contributed by atoms with van der Waals surface area (Å²) in [5, 5.41) is 0. The highest BCUT2D eigenvalue weighted by Gasteiger charge is 2.17. The molecule has 7 nitrogen and oxygen atoms in total. The van der Waals surface area contributed by atoms with Crippen molar-refractivity contribution in [3.05, 3.63) is 47.5 Å². The van der Waals surface area contributed by atoms with Gasteiger partial charge in [-0.1, -0.05) is 23.8 Å². The van der Waals surface area contributed by atoms with Gasteiger partial charge in [0.25, 0.3) is 0 Å². The molecule has 0 radical (unpaired) electrons. The number of rotatable bonds is 5. The van der Waals surface area contributed by atoms with Crippen molar-refractivity contribution in [2.24, 2.45) is 0 Å². The fraction of sp³-hybridized carbons (Fsp3) is 0.333. The number of amides is 1. The van der Waals surface area contributed by atoms with Crippen LogP contribution >= 0.6 is 0 Å². The number of nitrogens with one attached hydrogen (secondary N) is 1. The molecule has 130 valence electrons. The zero-order valence-corrected chi connectivity index (χ0v) is 14.9. The highest BCUT2D eigenvalue weighted by Crippen LogP contribution is 2.18. The van der Waals surface area contributed by atoms with Crippen molar-refractivity contribution in [3.63, 3.8) is 0 Å². The number of nitrogens with zero attached hydrogens (tertiary/aromatic N) is 5. The zero-order valence-electron chi connectivity index (χ0n) is 14.9. The smallest absolute Gasteiger partial charge is 0.242 e. The first-order valence-corrected chi connectivity index (χ1v) is 8.11. The van der Waals surface area contributed by atoms with Crippen molar-refractivity contribution in [1.29, 1.82) is 0 Å². The Balaban J connectivity index is 1.69. The highest BCUT2D eigenvalue weighted by molar-refractivity contribution is 5.86. The molecule has 1 aromatic carbocycles. The van der Waals surface area contributed by atoms with Crippen LogP contribution in [0.4, 0.5) is 5.82 Å². The summed E-state index contributed by atoms with van der Waals surface area (Å²) < 4.78 is 0. The van der Waals surface area contributed by atoms with Gasteiger partial charge in [-0.05, 0) is 25.0 Å². The molecule has 7 heteroatoms. The molecule has 0 aliphatic rings. The predicted molar refractivity (Wildman–Crippen MR) is 97.3 cm³/mol. The van der Waals surface area contributed by atoms with Gasteiger partial charge in [0.2, 0.25) is 5.91 Å². The number of fused-ring (bicyclic) bond motifs is 1. The van der Waals surface area contributed by atoms with Crippen molar-refractivity contribution < 1.29 is 4.79 Å². The number of hydrogen-bond donors (Lipinski definition) is 1. The third-order valence-electron chi connectivity index (χ3n) is 4.27. The number of aromatic nitrogens is 4. The predicted octanol–water partition coefficient (Wildman–Crippen LogP) is 2.06. The van der Waals surface area contributed by atoms with Gasteiger partial charge in [0.1, 0.15) is 11.8 Å². The van der Waals surface area contributed by atoms with Gasteiger partial charge in [-0.25, -0.2) is 15.0 Å². The van der Waals surface area contributed by atoms with Crippen LogP contribution in [0.5, 0.6) is 0 Å². The van der Waals surface area contributed by atoms with Gasteiger partial charge in [-0.15, -0.1) is 0 Å². The molecule has 25 heavy (non-hydrogen) atoms. The maximum absolute atomic E-state index is 12.6. The van der Waals surface area contributed by atoms with Crippen LogP contribution in [0.15, 0.2) is 30.9 Å². The highest BCUT2D eigenvalue weighted by atomic mass is 16.2. The molecule has 3 aromatic rings. The van der Waals surface area contributed by atoms with Crippen LogP contribution in [0.25, 0.3) is 11.2 Å². The van der Waals surface area contributed by atoms with Crippen LogP contribution in [0.2, 0.25) is 0 Å². The Hall–Kier alpha value is -2.96. The number of carbonyl (C=O) groups is 1. The molecule has 3 rings (SSSR count). The Kier molecular flexibility index (Phi) is 4.65. The first-order valence-electron chi connectivity index (χ1n) is 8.11. The molecule has 2 aromatic heterocycles. The summed E-state index contributed by atoms with van der Waals surface area (Å²) in [7, 11) is 3.66. The molecule has 0 aliphatic carbocycles. The van der Waals surface area contributed by atoms with Gasteiger partial charge in [-0.3, -0.25) is 4.79 Å². The Morgan fingerprint density at radius 3 is 2.72 bits per heavy atom. The SMILES string of the molecule is Cc1ccc(CN(C)C(=O)CN(C)c2ncnc3nc[nH]c23)c(C)c1. The van der Waals surface area contributed by atoms with Crippen molar-refractivity contribution >= 4 is 22.9 Å². The standard InChI is InChI=1S/C18H22N6O/c1-12-5-6-14(13(2)7-12)8-23(3)15(25)9-24(4)18-16-17(20-10-19-16)21-11-22-18/h5-7,10-11H,8-9H2,1-4H3,(H,19,20,21,22). The van der Waals surface area contributed by atoms with Crippen LogP contribution in [0.3, 0.4) is 0 Å². The van der Waals surface area contributed by atoms with E-state index in [9.17, 15) is 4.79 Å². The summed E-state index contributed by atoms with van der Waals surface area (Å²) in [6.07, 6.45) is 3.03. The first-order chi connectivity index (χ1) is 12.0. The number of likely N-dealkylation sites (N-methyl/N-ethyl adjacent to an activating group) is 2. The van der Waals surface area contributed by atoms with E-state index in [0.717, 1.165) is 11.1 Å². The normalized spacial score (nSPS) is 10.9. The van der Waals surface area contributed by atoms with Crippen molar-refractivity contribution in [2.45, 2.75) is 20.4 Å². The van der Waals surface area contributed by atoms with E-state index in [4.69, 9.17) is 0 Å². The fourth-order valence-electron chi connectivity index (χ4n) is 2.81. The zero-order chi connectivity index (χ0) is 18.0. The van der Waals surface area contributed by atoms with Gasteiger partial charge in [0, 0.05) is 20.6 Å². The lowest BCUT2D eigenvalue weighted by Crippen LogP contribution is -2.36. The Morgan fingerprint density at radius 2 is 1.96 bits per heavy atom. The van der Waals surface area contributed by atoms with E-state index in [2.05, 4.69) is 52.0 Å². The van der Waals surface area contributed by atoms with E-state index in [0.29, 0.717) is 18.0 Å². The van der Waals surface area contributed by atoms with Crippen molar-refractivity contribution in [3.8, 4) is 0 Å². The lowest BCUT2D eigenvalue weighted by Gasteiger charge is -2.23. The fourth-order valence-corrected chi connectivity index (χ4v) is 2.81. The monoisotopic (exact) mass is 338 g/mol. The molecule has 0 atom stereocenters. The number of carbonyl (C=O) groups excluding carboxylic acids is 1. The first kappa shape index (κ1) is 16.9. The quantitative estimate of drug-likeness (QED) is 0.770. The average molecular weight is 338 g/mol. The van der Waals surface area contributed by atoms with E-state index in [-0.39, 0.29) is 12.5 Å². The van der Waals surface area contributed by atoms with Crippen LogP contribution in [-0.2, 0) is 11.3 Å². The number of H-pyrrole nitrogens is 1. The number of imidazole rings is 1. The molecule has 1 amide bonds. The summed E-state index contributed by atoms with van der Waals surface area (Å²) >= 11 is 0. The molecule has 0 saturated heterocycles. The molecular formula is C18H22N6O. The third-order valence-corrected chi connectivity index (χ3v) is 4.27. The molecule has 0 saturated carbocycles. The number of aromatic amines is 1. The minimum absolute atomic E-state index is 0.0220. The van der Waals surface area contributed by atoms with E-state index in [1.165, 1.54) is 17.5 Å². The summed E-state index contributed by atoms with van der Waals surface area (Å²) in [4.78, 5) is 31.7. The van der Waals surface area contributed by atoms with E-state index in [1.807, 2.05) is 19.0 Å².